The van der Waals surface area contributed by atoms with Gasteiger partial charge in [-0.3, -0.25) is 9.80 Å². The van der Waals surface area contributed by atoms with E-state index >= 15 is 0 Å². The van der Waals surface area contributed by atoms with Gasteiger partial charge in [0.15, 0.2) is 23.0 Å². The van der Waals surface area contributed by atoms with Gasteiger partial charge in [-0.1, -0.05) is 24.3 Å². The first kappa shape index (κ1) is 34.8. The zero-order valence-corrected chi connectivity index (χ0v) is 30.9. The van der Waals surface area contributed by atoms with Gasteiger partial charge in [0.05, 0.1) is 73.0 Å². The number of piperazine rings is 1. The molecular formula is C40H42N6O6. The molecule has 4 aliphatic heterocycles. The van der Waals surface area contributed by atoms with Crippen molar-refractivity contribution in [1.82, 2.24) is 14.7 Å². The van der Waals surface area contributed by atoms with Crippen molar-refractivity contribution in [2.45, 2.75) is 56.5 Å². The van der Waals surface area contributed by atoms with E-state index < -0.39 is 30.2 Å². The van der Waals surface area contributed by atoms with Gasteiger partial charge >= 0.3 is 0 Å². The lowest BCUT2D eigenvalue weighted by Gasteiger charge is -2.58. The smallest absolute Gasteiger partial charge is 0.167 e. The second-order valence-electron chi connectivity index (χ2n) is 13.5. The molecule has 4 aliphatic rings. The third-order valence-electron chi connectivity index (χ3n) is 11.5. The lowest BCUT2D eigenvalue weighted by molar-refractivity contribution is 0.00631. The maximum atomic E-state index is 11.2. The largest absolute Gasteiger partial charge is 0.496 e. The van der Waals surface area contributed by atoms with Crippen LogP contribution in [0, 0.1) is 47.8 Å². The van der Waals surface area contributed by atoms with Crippen LogP contribution < -0.4 is 28.4 Å². The quantitative estimate of drug-likeness (QED) is 0.285. The second-order valence-corrected chi connectivity index (χ2v) is 13.5. The average molecular weight is 703 g/mol. The van der Waals surface area contributed by atoms with Gasteiger partial charge in [-0.2, -0.15) is 15.8 Å². The van der Waals surface area contributed by atoms with E-state index in [9.17, 15) is 15.8 Å². The number of nitriles is 3. The summed E-state index contributed by atoms with van der Waals surface area (Å²) in [7, 11) is 11.8. The molecule has 1 saturated heterocycles. The van der Waals surface area contributed by atoms with Crippen molar-refractivity contribution in [3.63, 3.8) is 0 Å². The number of fused-ring (bicyclic) bond motifs is 8. The van der Waals surface area contributed by atoms with Crippen molar-refractivity contribution in [2.75, 3.05) is 56.3 Å². The summed E-state index contributed by atoms with van der Waals surface area (Å²) in [6.07, 6.45) is 2.58. The molecule has 268 valence electrons. The molecule has 0 radical (unpaired) electrons. The average Bonchev–Trinajstić information content (AvgIpc) is 3.46. The standard InChI is InChI=1S/C40H42N6O6/c1-20-35(47-4)24-15-27-34-33-25(36(48-5)21(2)38(50-7)40(33)52-9)14-26(44(34)3)30(18-43)46(27)31(32(24)39(51-8)37(20)49-6)19-45-28(16-41)22-12-10-11-13-23(22)29(45)17-42/h10-13,15,26,28-31,34H,14,19H2,1-9H3/t26-,28?,29?,30-,31-,34-/m0/s1. The number of nitrogens with zero attached hydrogens (tertiary/aromatic N) is 6. The molecule has 7 rings (SSSR count). The highest BCUT2D eigenvalue weighted by atomic mass is 16.5. The minimum Gasteiger partial charge on any atom is -0.496 e. The summed E-state index contributed by atoms with van der Waals surface area (Å²) >= 11 is 0. The molecule has 3 aromatic carbocycles. The van der Waals surface area contributed by atoms with Gasteiger partial charge in [-0.25, -0.2) is 0 Å². The number of ether oxygens (including phenoxy) is 6. The Labute approximate surface area is 304 Å². The summed E-state index contributed by atoms with van der Waals surface area (Å²) < 4.78 is 36.5. The van der Waals surface area contributed by atoms with Crippen LogP contribution in [0.4, 0.5) is 0 Å². The Morgan fingerprint density at radius 2 is 1.21 bits per heavy atom. The Hall–Kier alpha value is -5.61. The maximum Gasteiger partial charge on any atom is 0.167 e. The van der Waals surface area contributed by atoms with Gasteiger partial charge in [0, 0.05) is 51.7 Å². The summed E-state index contributed by atoms with van der Waals surface area (Å²) in [5, 5.41) is 32.4. The monoisotopic (exact) mass is 702 g/mol. The van der Waals surface area contributed by atoms with E-state index in [0.29, 0.717) is 40.9 Å². The summed E-state index contributed by atoms with van der Waals surface area (Å²) in [4.78, 5) is 6.34. The molecule has 2 unspecified atom stereocenters. The third kappa shape index (κ3) is 4.56. The number of hydrogen-bond donors (Lipinski definition) is 0. The summed E-state index contributed by atoms with van der Waals surface area (Å²) in [5.41, 5.74) is 7.39. The zero-order valence-electron chi connectivity index (χ0n) is 30.9. The summed E-state index contributed by atoms with van der Waals surface area (Å²) in [6, 6.07) is 11.9. The molecule has 1 fully saturated rings. The lowest BCUT2D eigenvalue weighted by atomic mass is 9.75. The van der Waals surface area contributed by atoms with Crippen LogP contribution in [0.5, 0.6) is 34.5 Å². The van der Waals surface area contributed by atoms with E-state index in [-0.39, 0.29) is 12.6 Å². The minimum atomic E-state index is -0.691. The van der Waals surface area contributed by atoms with Crippen molar-refractivity contribution < 1.29 is 28.4 Å². The minimum absolute atomic E-state index is 0.215. The Morgan fingerprint density at radius 3 is 1.71 bits per heavy atom. The van der Waals surface area contributed by atoms with Crippen molar-refractivity contribution in [2.24, 2.45) is 0 Å². The van der Waals surface area contributed by atoms with Crippen molar-refractivity contribution in [3.8, 4) is 52.7 Å². The molecule has 0 aromatic heterocycles. The predicted octanol–water partition coefficient (Wildman–Crippen LogP) is 5.70. The first-order valence-electron chi connectivity index (χ1n) is 17.1. The summed E-state index contributed by atoms with van der Waals surface area (Å²) in [5.74, 6) is 3.51. The zero-order chi connectivity index (χ0) is 37.2. The van der Waals surface area contributed by atoms with Gasteiger partial charge < -0.3 is 33.3 Å². The summed E-state index contributed by atoms with van der Waals surface area (Å²) in [6.45, 7) is 4.09. The SMILES string of the molecule is COc1c(C)c(OC)c(OC)c2c1C=C1[C@H]3c4c(c(OC)c(C)c(OC)c4OC)C[C@@H]([C@H](C#N)N1[C@H]2CN1C(C#N)c2ccccc2C1C#N)N3C. The van der Waals surface area contributed by atoms with E-state index in [1.165, 1.54) is 0 Å². The molecule has 0 aliphatic carbocycles. The highest BCUT2D eigenvalue weighted by Gasteiger charge is 2.55. The molecule has 6 atom stereocenters. The van der Waals surface area contributed by atoms with Crippen LogP contribution >= 0.6 is 0 Å². The Bertz CT molecular complexity index is 2090. The second kappa shape index (κ2) is 13.2. The third-order valence-corrected chi connectivity index (χ3v) is 11.5. The molecule has 0 amide bonds. The normalized spacial score (nSPS) is 24.1. The molecule has 4 heterocycles. The highest BCUT2D eigenvalue weighted by Crippen LogP contribution is 2.60. The predicted molar refractivity (Wildman–Crippen MR) is 191 cm³/mol. The number of methoxy groups -OCH3 is 6. The molecule has 3 aromatic rings. The van der Waals surface area contributed by atoms with Gasteiger partial charge in [-0.05, 0) is 44.5 Å². The van der Waals surface area contributed by atoms with Crippen LogP contribution in [0.15, 0.2) is 30.0 Å². The van der Waals surface area contributed by atoms with Crippen molar-refractivity contribution in [1.29, 1.82) is 15.8 Å². The molecule has 12 nitrogen and oxygen atoms in total. The molecule has 0 N–H and O–H groups in total. The van der Waals surface area contributed by atoms with Crippen molar-refractivity contribution in [3.05, 3.63) is 74.5 Å². The fraction of sp³-hybridized carbons (Fsp3) is 0.425. The Kier molecular flexibility index (Phi) is 8.82. The van der Waals surface area contributed by atoms with Crippen LogP contribution in [0.2, 0.25) is 0 Å². The van der Waals surface area contributed by atoms with Crippen LogP contribution in [-0.2, 0) is 6.42 Å². The van der Waals surface area contributed by atoms with Crippen LogP contribution in [0.25, 0.3) is 6.08 Å². The van der Waals surface area contributed by atoms with E-state index in [0.717, 1.165) is 50.2 Å². The Morgan fingerprint density at radius 1 is 0.692 bits per heavy atom. The fourth-order valence-corrected chi connectivity index (χ4v) is 9.41. The van der Waals surface area contributed by atoms with Crippen molar-refractivity contribution >= 4 is 6.08 Å². The van der Waals surface area contributed by atoms with Crippen LogP contribution in [0.1, 0.15) is 68.7 Å². The number of hydrogen-bond acceptors (Lipinski definition) is 12. The Balaban J connectivity index is 1.56. The van der Waals surface area contributed by atoms with Crippen LogP contribution in [-0.4, -0.2) is 83.0 Å². The molecule has 2 bridgehead atoms. The first-order chi connectivity index (χ1) is 25.2. The number of likely N-dealkylation sites (N-methyl/N-ethyl adjacent to an activating group) is 1. The molecule has 0 saturated carbocycles. The van der Waals surface area contributed by atoms with E-state index in [2.05, 4.69) is 34.1 Å². The van der Waals surface area contributed by atoms with Gasteiger partial charge in [0.1, 0.15) is 29.6 Å². The van der Waals surface area contributed by atoms with Gasteiger partial charge in [0.2, 0.25) is 0 Å². The number of benzene rings is 3. The molecule has 12 heteroatoms. The van der Waals surface area contributed by atoms with Crippen LogP contribution in [0.3, 0.4) is 0 Å². The number of rotatable bonds is 8. The van der Waals surface area contributed by atoms with E-state index in [1.807, 2.05) is 50.1 Å². The molecule has 52 heavy (non-hydrogen) atoms. The van der Waals surface area contributed by atoms with Gasteiger partial charge in [-0.15, -0.1) is 0 Å². The van der Waals surface area contributed by atoms with E-state index in [4.69, 9.17) is 28.4 Å². The lowest BCUT2D eigenvalue weighted by Crippen LogP contribution is -2.62. The molecule has 0 spiro atoms. The highest BCUT2D eigenvalue weighted by molar-refractivity contribution is 5.78. The first-order valence-corrected chi connectivity index (χ1v) is 17.1. The fourth-order valence-electron chi connectivity index (χ4n) is 9.41. The van der Waals surface area contributed by atoms with E-state index in [1.54, 1.807) is 42.7 Å². The molecular weight excluding hydrogens is 660 g/mol. The van der Waals surface area contributed by atoms with Gasteiger partial charge in [0.25, 0.3) is 0 Å². The maximum absolute atomic E-state index is 11.2. The topological polar surface area (TPSA) is 136 Å².